The van der Waals surface area contributed by atoms with Crippen LogP contribution in [0.4, 0.5) is 0 Å². The summed E-state index contributed by atoms with van der Waals surface area (Å²) in [6.45, 7) is 8.40. The number of aryl methyl sites for hydroxylation is 4. The molecular weight excluding hydrogens is 284 g/mol. The van der Waals surface area contributed by atoms with Crippen LogP contribution < -0.4 is 0 Å². The number of benzene rings is 1. The van der Waals surface area contributed by atoms with Crippen LogP contribution in [0.15, 0.2) is 12.1 Å². The van der Waals surface area contributed by atoms with Gasteiger partial charge >= 0.3 is 0 Å². The minimum atomic E-state index is 1.02. The summed E-state index contributed by atoms with van der Waals surface area (Å²) in [6, 6.07) is 4.50. The molecule has 0 amide bonds. The van der Waals surface area contributed by atoms with E-state index in [1.165, 1.54) is 29.9 Å². The highest BCUT2D eigenvalue weighted by atomic mass is 32.1. The largest absolute Gasteiger partial charge is 0.249 e. The van der Waals surface area contributed by atoms with Crippen LogP contribution in [0.25, 0.3) is 31.2 Å². The second-order valence-electron chi connectivity index (χ2n) is 5.29. The van der Waals surface area contributed by atoms with E-state index < -0.39 is 0 Å². The highest BCUT2D eigenvalue weighted by molar-refractivity contribution is 7.27. The molecule has 0 aliphatic carbocycles. The average molecular weight is 298 g/mol. The molecule has 100 valence electrons. The first kappa shape index (κ1) is 12.2. The first-order valence-electron chi connectivity index (χ1n) is 6.62. The standard InChI is InChI=1S/C16H14N2S2/c1-7-5-11-13-14(18-10(4)9(3)17-13)12-6-8(2)20-16(12)15(11)19-7/h5-6H,1-4H3. The van der Waals surface area contributed by atoms with Crippen LogP contribution in [-0.2, 0) is 0 Å². The Bertz CT molecular complexity index is 911. The molecule has 20 heavy (non-hydrogen) atoms. The first-order valence-corrected chi connectivity index (χ1v) is 8.25. The predicted octanol–water partition coefficient (Wildman–Crippen LogP) is 5.29. The highest BCUT2D eigenvalue weighted by Gasteiger charge is 2.16. The second kappa shape index (κ2) is 3.99. The molecule has 0 atom stereocenters. The molecule has 2 nitrogen and oxygen atoms in total. The smallest absolute Gasteiger partial charge is 0.0984 e. The Morgan fingerprint density at radius 3 is 1.50 bits per heavy atom. The van der Waals surface area contributed by atoms with E-state index in [2.05, 4.69) is 26.0 Å². The zero-order valence-corrected chi connectivity index (χ0v) is 13.5. The Morgan fingerprint density at radius 1 is 0.700 bits per heavy atom. The van der Waals surface area contributed by atoms with Gasteiger partial charge in [0.2, 0.25) is 0 Å². The molecule has 4 aromatic rings. The second-order valence-corrected chi connectivity index (χ2v) is 7.80. The lowest BCUT2D eigenvalue weighted by Crippen LogP contribution is -1.93. The molecule has 0 unspecified atom stereocenters. The van der Waals surface area contributed by atoms with Gasteiger partial charge in [-0.25, -0.2) is 9.97 Å². The van der Waals surface area contributed by atoms with E-state index in [1.54, 1.807) is 0 Å². The minimum Gasteiger partial charge on any atom is -0.249 e. The van der Waals surface area contributed by atoms with Crippen LogP contribution in [0.3, 0.4) is 0 Å². The van der Waals surface area contributed by atoms with Gasteiger partial charge < -0.3 is 0 Å². The molecule has 0 spiro atoms. The third-order valence-corrected chi connectivity index (χ3v) is 6.00. The molecule has 3 aromatic heterocycles. The van der Waals surface area contributed by atoms with Gasteiger partial charge in [0, 0.05) is 20.5 Å². The fourth-order valence-corrected chi connectivity index (χ4v) is 4.88. The van der Waals surface area contributed by atoms with E-state index in [1.807, 2.05) is 36.5 Å². The monoisotopic (exact) mass is 298 g/mol. The van der Waals surface area contributed by atoms with Crippen LogP contribution in [-0.4, -0.2) is 9.97 Å². The molecule has 0 radical (unpaired) electrons. The fraction of sp³-hybridized carbons (Fsp3) is 0.250. The molecule has 0 fully saturated rings. The summed E-state index contributed by atoms with van der Waals surface area (Å²) in [6.07, 6.45) is 0. The molecule has 0 aliphatic heterocycles. The number of hydrogen-bond acceptors (Lipinski definition) is 4. The van der Waals surface area contributed by atoms with Crippen molar-refractivity contribution >= 4 is 53.9 Å². The van der Waals surface area contributed by atoms with Gasteiger partial charge in [-0.3, -0.25) is 0 Å². The lowest BCUT2D eigenvalue weighted by Gasteiger charge is -2.05. The summed E-state index contributed by atoms with van der Waals surface area (Å²) in [5.41, 5.74) is 4.15. The predicted molar refractivity (Wildman–Crippen MR) is 89.3 cm³/mol. The van der Waals surface area contributed by atoms with Gasteiger partial charge in [-0.2, -0.15) is 0 Å². The third kappa shape index (κ3) is 1.55. The van der Waals surface area contributed by atoms with Gasteiger partial charge in [0.05, 0.1) is 31.8 Å². The Morgan fingerprint density at radius 2 is 1.10 bits per heavy atom. The maximum absolute atomic E-state index is 4.82. The Labute approximate surface area is 125 Å². The van der Waals surface area contributed by atoms with E-state index in [-0.39, 0.29) is 0 Å². The Balaban J connectivity index is 2.40. The van der Waals surface area contributed by atoms with Crippen molar-refractivity contribution in [1.82, 2.24) is 9.97 Å². The fourth-order valence-electron chi connectivity index (χ4n) is 2.70. The molecule has 0 saturated carbocycles. The molecule has 0 bridgehead atoms. The van der Waals surface area contributed by atoms with Gasteiger partial charge in [-0.1, -0.05) is 0 Å². The van der Waals surface area contributed by atoms with E-state index in [0.29, 0.717) is 0 Å². The number of rotatable bonds is 0. The van der Waals surface area contributed by atoms with Gasteiger partial charge in [0.25, 0.3) is 0 Å². The van der Waals surface area contributed by atoms with Crippen molar-refractivity contribution in [1.29, 1.82) is 0 Å². The van der Waals surface area contributed by atoms with Crippen molar-refractivity contribution in [3.05, 3.63) is 33.3 Å². The SMILES string of the molecule is Cc1cc2c3nc(C)c(C)nc3c3cc(C)sc3c2s1. The van der Waals surface area contributed by atoms with Crippen LogP contribution in [0.2, 0.25) is 0 Å². The zero-order valence-electron chi connectivity index (χ0n) is 11.9. The van der Waals surface area contributed by atoms with Crippen LogP contribution >= 0.6 is 22.7 Å². The van der Waals surface area contributed by atoms with Crippen molar-refractivity contribution in [3.8, 4) is 0 Å². The molecular formula is C16H14N2S2. The summed E-state index contributed by atoms with van der Waals surface area (Å²) >= 11 is 3.72. The number of hydrogen-bond donors (Lipinski definition) is 0. The number of nitrogens with zero attached hydrogens (tertiary/aromatic N) is 2. The molecule has 0 saturated heterocycles. The van der Waals surface area contributed by atoms with Crippen LogP contribution in [0, 0.1) is 27.7 Å². The first-order chi connectivity index (χ1) is 9.54. The normalized spacial score (nSPS) is 12.0. The topological polar surface area (TPSA) is 25.8 Å². The van der Waals surface area contributed by atoms with Crippen LogP contribution in [0.5, 0.6) is 0 Å². The summed E-state index contributed by atoms with van der Waals surface area (Å²) in [7, 11) is 0. The Kier molecular flexibility index (Phi) is 2.44. The average Bonchev–Trinajstić information content (AvgIpc) is 2.94. The third-order valence-electron chi connectivity index (χ3n) is 3.73. The van der Waals surface area contributed by atoms with Crippen molar-refractivity contribution in [2.24, 2.45) is 0 Å². The van der Waals surface area contributed by atoms with Gasteiger partial charge in [-0.15, -0.1) is 22.7 Å². The molecule has 0 N–H and O–H groups in total. The minimum absolute atomic E-state index is 1.02. The summed E-state index contributed by atoms with van der Waals surface area (Å²) in [5.74, 6) is 0. The van der Waals surface area contributed by atoms with E-state index in [9.17, 15) is 0 Å². The quantitative estimate of drug-likeness (QED) is 0.440. The van der Waals surface area contributed by atoms with Gasteiger partial charge in [-0.05, 0) is 39.8 Å². The zero-order chi connectivity index (χ0) is 14.0. The molecule has 0 aliphatic rings. The van der Waals surface area contributed by atoms with E-state index in [0.717, 1.165) is 22.4 Å². The van der Waals surface area contributed by atoms with Gasteiger partial charge in [0.1, 0.15) is 0 Å². The van der Waals surface area contributed by atoms with Crippen molar-refractivity contribution in [2.45, 2.75) is 27.7 Å². The van der Waals surface area contributed by atoms with Gasteiger partial charge in [0.15, 0.2) is 0 Å². The van der Waals surface area contributed by atoms with E-state index in [4.69, 9.17) is 9.97 Å². The van der Waals surface area contributed by atoms with Crippen molar-refractivity contribution in [3.63, 3.8) is 0 Å². The highest BCUT2D eigenvalue weighted by Crippen LogP contribution is 2.41. The number of thiophene rings is 2. The molecule has 3 heterocycles. The molecule has 1 aromatic carbocycles. The lowest BCUT2D eigenvalue weighted by atomic mass is 10.1. The summed E-state index contributed by atoms with van der Waals surface area (Å²) < 4.78 is 2.72. The number of fused-ring (bicyclic) bond motifs is 6. The molecule has 4 rings (SSSR count). The lowest BCUT2D eigenvalue weighted by molar-refractivity contribution is 1.11. The Hall–Kier alpha value is -1.52. The van der Waals surface area contributed by atoms with Crippen molar-refractivity contribution in [2.75, 3.05) is 0 Å². The van der Waals surface area contributed by atoms with Crippen LogP contribution in [0.1, 0.15) is 21.1 Å². The maximum Gasteiger partial charge on any atom is 0.0984 e. The maximum atomic E-state index is 4.82. The summed E-state index contributed by atoms with van der Waals surface area (Å²) in [5, 5.41) is 2.51. The number of aromatic nitrogens is 2. The summed E-state index contributed by atoms with van der Waals surface area (Å²) in [4.78, 5) is 12.3. The van der Waals surface area contributed by atoms with Crippen molar-refractivity contribution < 1.29 is 0 Å². The van der Waals surface area contributed by atoms with E-state index >= 15 is 0 Å². The molecule has 4 heteroatoms.